The van der Waals surface area contributed by atoms with Crippen LogP contribution < -0.4 is 10.7 Å². The number of likely N-dealkylation sites (tertiary alicyclic amines) is 1. The van der Waals surface area contributed by atoms with Crippen LogP contribution in [0.2, 0.25) is 0 Å². The number of nitroso groups, excluding NO2 is 1. The normalized spacial score (nSPS) is 12.2. The van der Waals surface area contributed by atoms with Crippen LogP contribution in [0.1, 0.15) is 66.4 Å². The van der Waals surface area contributed by atoms with E-state index < -0.39 is 0 Å². The van der Waals surface area contributed by atoms with Gasteiger partial charge in [-0.1, -0.05) is 53.2 Å². The van der Waals surface area contributed by atoms with Gasteiger partial charge in [-0.05, 0) is 50.9 Å². The van der Waals surface area contributed by atoms with E-state index in [1.54, 1.807) is 7.05 Å². The van der Waals surface area contributed by atoms with Crippen LogP contribution in [0.5, 0.6) is 0 Å². The number of hydrogen-bond donors (Lipinski definition) is 2. The summed E-state index contributed by atoms with van der Waals surface area (Å²) in [6.07, 6.45) is 4.58. The van der Waals surface area contributed by atoms with Crippen LogP contribution in [0, 0.1) is 4.91 Å². The summed E-state index contributed by atoms with van der Waals surface area (Å²) in [5.74, 6) is 0.234. The van der Waals surface area contributed by atoms with Gasteiger partial charge in [-0.25, -0.2) is 5.43 Å². The van der Waals surface area contributed by atoms with Gasteiger partial charge in [0.05, 0.1) is 17.5 Å². The monoisotopic (exact) mass is 466 g/mol. The summed E-state index contributed by atoms with van der Waals surface area (Å²) in [6.45, 7) is 27.9. The molecule has 2 N–H and O–H groups in total. The van der Waals surface area contributed by atoms with Gasteiger partial charge in [-0.2, -0.15) is 0 Å². The van der Waals surface area contributed by atoms with E-state index in [0.717, 1.165) is 31.5 Å². The first-order valence-electron chi connectivity index (χ1n) is 11.4. The van der Waals surface area contributed by atoms with Crippen LogP contribution in [0.3, 0.4) is 0 Å². The molecule has 1 aromatic carbocycles. The second kappa shape index (κ2) is 36.6. The topological polar surface area (TPSA) is 90.9 Å². The average molecular weight is 467 g/mol. The van der Waals surface area contributed by atoms with Crippen molar-refractivity contribution in [1.29, 1.82) is 0 Å². The molecule has 1 saturated heterocycles. The van der Waals surface area contributed by atoms with Crippen LogP contribution in [0.25, 0.3) is 0 Å². The van der Waals surface area contributed by atoms with Crippen molar-refractivity contribution >= 4 is 18.4 Å². The van der Waals surface area contributed by atoms with Crippen LogP contribution in [0.15, 0.2) is 55.9 Å². The Morgan fingerprint density at radius 1 is 1.06 bits per heavy atom. The smallest absolute Gasteiger partial charge is 0.236 e. The molecule has 2 rings (SSSR count). The maximum atomic E-state index is 11.3. The maximum absolute atomic E-state index is 11.3. The minimum absolute atomic E-state index is 0.234. The second-order valence-corrected chi connectivity index (χ2v) is 6.07. The van der Waals surface area contributed by atoms with E-state index in [2.05, 4.69) is 70.0 Å². The highest BCUT2D eigenvalue weighted by Crippen LogP contribution is 2.15. The van der Waals surface area contributed by atoms with Crippen molar-refractivity contribution < 1.29 is 9.59 Å². The zero-order valence-electron chi connectivity index (χ0n) is 22.3. The number of nitrogens with zero attached hydrogens (tertiary/aromatic N) is 2. The Kier molecular flexibility index (Phi) is 44.9. The minimum atomic E-state index is 0.234. The average Bonchev–Trinajstić information content (AvgIpc) is 3.32. The lowest BCUT2D eigenvalue weighted by Crippen LogP contribution is -2.38. The molecule has 1 atom stereocenters. The first-order chi connectivity index (χ1) is 16.0. The molecule has 0 bridgehead atoms. The standard InChI is InChI=1S/C8H16N2O.C8H10N2O.C3H8.C2H6.2C2H4.CH2O/c1-7-4-3-5-10(7)8(11)6-9-2;1-2-7-3-5-8(6-4-7)9-10-11;1-3-2;4*1-2/h7,9H,3-6H2,1-2H3;3-6H,2H2,1H3,(H,9,11);3H2,1-2H3;1-2H3;2*1-2H2;1H2. The Balaban J connectivity index is -0.000000112. The van der Waals surface area contributed by atoms with Crippen LogP contribution in [-0.4, -0.2) is 43.8 Å². The number of rotatable bonds is 5. The molecule has 1 aliphatic heterocycles. The fourth-order valence-electron chi connectivity index (χ4n) is 2.42. The summed E-state index contributed by atoms with van der Waals surface area (Å²) >= 11 is 0. The van der Waals surface area contributed by atoms with Gasteiger partial charge in [-0.3, -0.25) is 4.79 Å². The molecule has 1 unspecified atom stereocenters. The molecule has 0 radical (unpaired) electrons. The van der Waals surface area contributed by atoms with Gasteiger partial charge in [0.15, 0.2) is 0 Å². The predicted octanol–water partition coefficient (Wildman–Crippen LogP) is 6.42. The minimum Gasteiger partial charge on any atom is -0.339 e. The molecule has 1 amide bonds. The number of aryl methyl sites for hydroxylation is 1. The first kappa shape index (κ1) is 40.5. The Hall–Kier alpha value is -2.80. The van der Waals surface area contributed by atoms with Crippen molar-refractivity contribution in [3.8, 4) is 0 Å². The summed E-state index contributed by atoms with van der Waals surface area (Å²) in [5, 5.41) is 5.44. The van der Waals surface area contributed by atoms with E-state index in [1.807, 2.05) is 49.8 Å². The lowest BCUT2D eigenvalue weighted by atomic mass is 10.2. The SMILES string of the molecule is C=C.C=C.C=O.CC.CCC.CCc1ccc(NN=O)cc1.CNCC(=O)N1CCCC1C. The molecular formula is C26H50N4O3. The molecule has 0 saturated carbocycles. The van der Waals surface area contributed by atoms with Gasteiger partial charge in [-0.15, -0.1) is 31.2 Å². The molecule has 192 valence electrons. The third-order valence-electron chi connectivity index (χ3n) is 3.74. The van der Waals surface area contributed by atoms with Crippen molar-refractivity contribution in [2.24, 2.45) is 5.29 Å². The summed E-state index contributed by atoms with van der Waals surface area (Å²) < 4.78 is 0. The number of hydrogen-bond acceptors (Lipinski definition) is 5. The number of benzene rings is 1. The lowest BCUT2D eigenvalue weighted by Gasteiger charge is -2.20. The Labute approximate surface area is 203 Å². The van der Waals surface area contributed by atoms with Crippen molar-refractivity contribution in [3.63, 3.8) is 0 Å². The van der Waals surface area contributed by atoms with E-state index in [4.69, 9.17) is 4.79 Å². The quantitative estimate of drug-likeness (QED) is 0.297. The zero-order valence-corrected chi connectivity index (χ0v) is 22.3. The molecule has 1 aromatic rings. The molecule has 33 heavy (non-hydrogen) atoms. The van der Waals surface area contributed by atoms with E-state index in [0.29, 0.717) is 12.6 Å². The number of amides is 1. The molecule has 0 aromatic heterocycles. The van der Waals surface area contributed by atoms with Crippen molar-refractivity contribution in [2.75, 3.05) is 25.6 Å². The second-order valence-electron chi connectivity index (χ2n) is 6.07. The number of anilines is 1. The third-order valence-corrected chi connectivity index (χ3v) is 3.74. The van der Waals surface area contributed by atoms with Gasteiger partial charge in [0.2, 0.25) is 5.91 Å². The Morgan fingerprint density at radius 2 is 1.52 bits per heavy atom. The van der Waals surface area contributed by atoms with E-state index in [-0.39, 0.29) is 5.91 Å². The van der Waals surface area contributed by atoms with Crippen LogP contribution >= 0.6 is 0 Å². The van der Waals surface area contributed by atoms with E-state index in [9.17, 15) is 9.70 Å². The highest BCUT2D eigenvalue weighted by Gasteiger charge is 2.23. The zero-order chi connectivity index (χ0) is 27.1. The van der Waals surface area contributed by atoms with Gasteiger partial charge in [0.1, 0.15) is 6.79 Å². The highest BCUT2D eigenvalue weighted by molar-refractivity contribution is 5.78. The molecule has 7 heteroatoms. The third kappa shape index (κ3) is 25.3. The number of carbonyl (C=O) groups is 2. The Morgan fingerprint density at radius 3 is 1.82 bits per heavy atom. The van der Waals surface area contributed by atoms with E-state index >= 15 is 0 Å². The van der Waals surface area contributed by atoms with E-state index in [1.165, 1.54) is 12.0 Å². The summed E-state index contributed by atoms with van der Waals surface area (Å²) in [7, 11) is 1.80. The predicted molar refractivity (Wildman–Crippen MR) is 147 cm³/mol. The van der Waals surface area contributed by atoms with Crippen LogP contribution in [0.4, 0.5) is 5.69 Å². The molecule has 1 heterocycles. The van der Waals surface area contributed by atoms with Crippen molar-refractivity contribution in [1.82, 2.24) is 10.2 Å². The van der Waals surface area contributed by atoms with Crippen LogP contribution in [-0.2, 0) is 16.0 Å². The van der Waals surface area contributed by atoms with Gasteiger partial charge < -0.3 is 15.0 Å². The van der Waals surface area contributed by atoms with Crippen molar-refractivity contribution in [2.45, 2.75) is 73.3 Å². The van der Waals surface area contributed by atoms with Gasteiger partial charge in [0.25, 0.3) is 0 Å². The summed E-state index contributed by atoms with van der Waals surface area (Å²) in [5.41, 5.74) is 4.31. The molecular weight excluding hydrogens is 416 g/mol. The molecule has 0 aliphatic carbocycles. The van der Waals surface area contributed by atoms with Gasteiger partial charge in [0, 0.05) is 12.6 Å². The maximum Gasteiger partial charge on any atom is 0.236 e. The number of nitrogens with one attached hydrogen (secondary N) is 2. The largest absolute Gasteiger partial charge is 0.339 e. The molecule has 0 spiro atoms. The summed E-state index contributed by atoms with van der Waals surface area (Å²) in [6, 6.07) is 8.05. The van der Waals surface area contributed by atoms with Crippen molar-refractivity contribution in [3.05, 3.63) is 61.1 Å². The molecule has 7 nitrogen and oxygen atoms in total. The fraction of sp³-hybridized carbons (Fsp3) is 0.538. The molecule has 1 fully saturated rings. The number of likely N-dealkylation sites (N-methyl/N-ethyl adjacent to an activating group) is 1. The first-order valence-corrected chi connectivity index (χ1v) is 11.4. The number of carbonyl (C=O) groups excluding carboxylic acids is 2. The Bertz CT molecular complexity index is 520. The highest BCUT2D eigenvalue weighted by atomic mass is 16.3. The lowest BCUT2D eigenvalue weighted by molar-refractivity contribution is -0.130. The van der Waals surface area contributed by atoms with Gasteiger partial charge >= 0.3 is 0 Å². The summed E-state index contributed by atoms with van der Waals surface area (Å²) in [4.78, 5) is 31.0. The fourth-order valence-corrected chi connectivity index (χ4v) is 2.42. The molecule has 1 aliphatic rings.